The van der Waals surface area contributed by atoms with Crippen LogP contribution in [0.25, 0.3) is 10.7 Å². The third kappa shape index (κ3) is 3.53. The van der Waals surface area contributed by atoms with Crippen LogP contribution in [0.1, 0.15) is 26.5 Å². The minimum Gasteiger partial charge on any atom is -0.377 e. The van der Waals surface area contributed by atoms with Crippen molar-refractivity contribution in [3.8, 4) is 10.7 Å². The van der Waals surface area contributed by atoms with Gasteiger partial charge in [0.15, 0.2) is 20.8 Å². The van der Waals surface area contributed by atoms with Crippen LogP contribution in [0.4, 0.5) is 10.9 Å². The van der Waals surface area contributed by atoms with Gasteiger partial charge in [-0.25, -0.2) is 23.4 Å². The summed E-state index contributed by atoms with van der Waals surface area (Å²) in [5, 5.41) is 0.415. The van der Waals surface area contributed by atoms with Gasteiger partial charge in [-0.05, 0) is 20.8 Å². The molecule has 1 aliphatic rings. The molecule has 10 heteroatoms. The first kappa shape index (κ1) is 19.0. The molecule has 2 aromatic rings. The smallest absolute Gasteiger partial charge is 0.180 e. The van der Waals surface area contributed by atoms with Gasteiger partial charge in [0.25, 0.3) is 0 Å². The first-order valence-electron chi connectivity index (χ1n) is 8.25. The van der Waals surface area contributed by atoms with Crippen molar-refractivity contribution < 1.29 is 13.2 Å². The highest BCUT2D eigenvalue weighted by atomic mass is 32.2. The maximum atomic E-state index is 12.3. The largest absolute Gasteiger partial charge is 0.377 e. The van der Waals surface area contributed by atoms with Crippen LogP contribution in [-0.2, 0) is 19.3 Å². The van der Waals surface area contributed by atoms with Gasteiger partial charge in [0, 0.05) is 18.9 Å². The number of nitrogens with zero attached hydrogens (tertiary/aromatic N) is 4. The molecule has 3 heterocycles. The third-order valence-electron chi connectivity index (χ3n) is 4.66. The highest BCUT2D eigenvalue weighted by Crippen LogP contribution is 2.33. The van der Waals surface area contributed by atoms with Gasteiger partial charge in [-0.3, -0.25) is 0 Å². The molecule has 0 aromatic carbocycles. The van der Waals surface area contributed by atoms with Crippen molar-refractivity contribution in [2.45, 2.75) is 31.6 Å². The molecule has 0 radical (unpaired) electrons. The number of morpholine rings is 1. The molecule has 0 bridgehead atoms. The maximum absolute atomic E-state index is 12.3. The van der Waals surface area contributed by atoms with Gasteiger partial charge in [-0.1, -0.05) is 11.3 Å². The molecule has 1 atom stereocenters. The Labute approximate surface area is 157 Å². The molecule has 0 unspecified atom stereocenters. The summed E-state index contributed by atoms with van der Waals surface area (Å²) in [4.78, 5) is 16.1. The van der Waals surface area contributed by atoms with Crippen LogP contribution in [-0.4, -0.2) is 55.4 Å². The highest BCUT2D eigenvalue weighted by Gasteiger charge is 2.35. The minimum absolute atomic E-state index is 0.132. The number of hydrogen-bond acceptors (Lipinski definition) is 9. The van der Waals surface area contributed by atoms with Gasteiger partial charge in [0.1, 0.15) is 10.6 Å². The predicted molar refractivity (Wildman–Crippen MR) is 103 cm³/mol. The Balaban J connectivity index is 2.17. The monoisotopic (exact) mass is 397 g/mol. The fourth-order valence-electron chi connectivity index (χ4n) is 2.65. The molecule has 8 nitrogen and oxygen atoms in total. The Hall–Kier alpha value is -1.78. The van der Waals surface area contributed by atoms with Gasteiger partial charge in [-0.15, -0.1) is 0 Å². The van der Waals surface area contributed by atoms with E-state index in [-0.39, 0.29) is 6.04 Å². The molecule has 1 fully saturated rings. The molecular weight excluding hydrogens is 374 g/mol. The molecular formula is C16H23N5O3S2. The zero-order valence-corrected chi connectivity index (χ0v) is 16.9. The van der Waals surface area contributed by atoms with Crippen molar-refractivity contribution in [1.82, 2.24) is 15.0 Å². The summed E-state index contributed by atoms with van der Waals surface area (Å²) < 4.78 is 29.0. The lowest BCUT2D eigenvalue weighted by molar-refractivity contribution is 0.0985. The summed E-state index contributed by atoms with van der Waals surface area (Å²) in [7, 11) is -3.38. The number of anilines is 2. The van der Waals surface area contributed by atoms with E-state index >= 15 is 0 Å². The molecule has 0 amide bonds. The summed E-state index contributed by atoms with van der Waals surface area (Å²) >= 11 is 1.27. The SMILES string of the molecule is C[C@H]1COCCN1c1cc(C(C)(C)S(C)(=O)=O)nc(-c2cnc(N)s2)n1. The second-order valence-corrected chi connectivity index (χ2v) is 10.5. The third-order valence-corrected chi connectivity index (χ3v) is 7.55. The molecule has 3 rings (SSSR count). The quantitative estimate of drug-likeness (QED) is 0.829. The van der Waals surface area contributed by atoms with Crippen molar-refractivity contribution in [2.75, 3.05) is 36.6 Å². The lowest BCUT2D eigenvalue weighted by Crippen LogP contribution is -2.44. The van der Waals surface area contributed by atoms with E-state index in [0.29, 0.717) is 47.1 Å². The van der Waals surface area contributed by atoms with E-state index in [1.165, 1.54) is 17.6 Å². The van der Waals surface area contributed by atoms with E-state index in [1.807, 2.05) is 6.92 Å². The zero-order valence-electron chi connectivity index (χ0n) is 15.3. The number of sulfone groups is 1. The average Bonchev–Trinajstić information content (AvgIpc) is 3.00. The topological polar surface area (TPSA) is 111 Å². The Bertz CT molecular complexity index is 910. The molecule has 0 saturated carbocycles. The zero-order chi connectivity index (χ0) is 19.1. The first-order chi connectivity index (χ1) is 12.1. The number of nitrogen functional groups attached to an aromatic ring is 1. The van der Waals surface area contributed by atoms with Crippen LogP contribution in [0.5, 0.6) is 0 Å². The molecule has 2 N–H and O–H groups in total. The molecule has 142 valence electrons. The highest BCUT2D eigenvalue weighted by molar-refractivity contribution is 7.91. The van der Waals surface area contributed by atoms with Crippen LogP contribution in [0.2, 0.25) is 0 Å². The van der Waals surface area contributed by atoms with Crippen LogP contribution in [0.3, 0.4) is 0 Å². The van der Waals surface area contributed by atoms with E-state index in [0.717, 1.165) is 0 Å². The van der Waals surface area contributed by atoms with E-state index < -0.39 is 14.6 Å². The molecule has 1 aliphatic heterocycles. The minimum atomic E-state index is -3.38. The van der Waals surface area contributed by atoms with E-state index in [1.54, 1.807) is 26.1 Å². The molecule has 0 spiro atoms. The number of thiazole rings is 1. The van der Waals surface area contributed by atoms with Crippen molar-refractivity contribution in [1.29, 1.82) is 0 Å². The molecule has 0 aliphatic carbocycles. The molecule has 2 aromatic heterocycles. The van der Waals surface area contributed by atoms with Crippen LogP contribution in [0, 0.1) is 0 Å². The first-order valence-corrected chi connectivity index (χ1v) is 11.0. The average molecular weight is 398 g/mol. The van der Waals surface area contributed by atoms with E-state index in [9.17, 15) is 8.42 Å². The van der Waals surface area contributed by atoms with Crippen LogP contribution < -0.4 is 10.6 Å². The van der Waals surface area contributed by atoms with Crippen LogP contribution >= 0.6 is 11.3 Å². The van der Waals surface area contributed by atoms with Gasteiger partial charge in [0.2, 0.25) is 0 Å². The van der Waals surface area contributed by atoms with Crippen molar-refractivity contribution in [3.05, 3.63) is 18.0 Å². The van der Waals surface area contributed by atoms with Gasteiger partial charge < -0.3 is 15.4 Å². The van der Waals surface area contributed by atoms with E-state index in [2.05, 4.69) is 19.9 Å². The van der Waals surface area contributed by atoms with Crippen molar-refractivity contribution >= 4 is 32.1 Å². The Kier molecular flexibility index (Phi) is 4.93. The summed E-state index contributed by atoms with van der Waals surface area (Å²) in [6.07, 6.45) is 2.83. The number of nitrogens with two attached hydrogens (primary N) is 1. The second-order valence-electron chi connectivity index (χ2n) is 6.90. The van der Waals surface area contributed by atoms with Gasteiger partial charge >= 0.3 is 0 Å². The molecule has 26 heavy (non-hydrogen) atoms. The summed E-state index contributed by atoms with van der Waals surface area (Å²) in [5.74, 6) is 1.12. The summed E-state index contributed by atoms with van der Waals surface area (Å²) in [6, 6.07) is 1.89. The summed E-state index contributed by atoms with van der Waals surface area (Å²) in [6.45, 7) is 7.23. The van der Waals surface area contributed by atoms with Crippen LogP contribution in [0.15, 0.2) is 12.3 Å². The fourth-order valence-corrected chi connectivity index (χ4v) is 3.75. The van der Waals surface area contributed by atoms with Crippen molar-refractivity contribution in [3.63, 3.8) is 0 Å². The lowest BCUT2D eigenvalue weighted by atomic mass is 10.1. The number of rotatable bonds is 4. The second kappa shape index (κ2) is 6.75. The Morgan fingerprint density at radius 3 is 2.69 bits per heavy atom. The fraction of sp³-hybridized carbons (Fsp3) is 0.562. The van der Waals surface area contributed by atoms with Gasteiger partial charge in [0.05, 0.1) is 36.0 Å². The lowest BCUT2D eigenvalue weighted by Gasteiger charge is -2.35. The number of aromatic nitrogens is 3. The summed E-state index contributed by atoms with van der Waals surface area (Å²) in [5.41, 5.74) is 6.19. The normalized spacial score (nSPS) is 18.9. The standard InChI is InChI=1S/C16H23N5O3S2/c1-10-9-24-6-5-21(10)13-7-12(16(2,3)26(4,22)23)19-14(20-13)11-8-18-15(17)25-11/h7-8,10H,5-6,9H2,1-4H3,(H2,17,18)/t10-/m0/s1. The number of ether oxygens (including phenoxy) is 1. The number of hydrogen-bond donors (Lipinski definition) is 1. The van der Waals surface area contributed by atoms with Crippen molar-refractivity contribution in [2.24, 2.45) is 0 Å². The maximum Gasteiger partial charge on any atom is 0.180 e. The Morgan fingerprint density at radius 1 is 1.38 bits per heavy atom. The van der Waals surface area contributed by atoms with Gasteiger partial charge in [-0.2, -0.15) is 0 Å². The predicted octanol–water partition coefficient (Wildman–Crippen LogP) is 1.69. The Morgan fingerprint density at radius 2 is 2.12 bits per heavy atom. The van der Waals surface area contributed by atoms with E-state index in [4.69, 9.17) is 10.5 Å². The molecule has 1 saturated heterocycles.